The second kappa shape index (κ2) is 9.68. The lowest BCUT2D eigenvalue weighted by Gasteiger charge is -2.40. The first-order valence-corrected chi connectivity index (χ1v) is 13.8. The van der Waals surface area contributed by atoms with Crippen LogP contribution in [0.3, 0.4) is 0 Å². The van der Waals surface area contributed by atoms with Crippen molar-refractivity contribution >= 4 is 37.4 Å². The van der Waals surface area contributed by atoms with Crippen LogP contribution >= 0.6 is 11.6 Å². The lowest BCUT2D eigenvalue weighted by Crippen LogP contribution is -2.41. The first kappa shape index (κ1) is 25.6. The van der Waals surface area contributed by atoms with Gasteiger partial charge in [-0.3, -0.25) is 9.52 Å². The molecule has 0 unspecified atom stereocenters. The number of hydrogen-bond donors (Lipinski definition) is 1. The molecule has 1 fully saturated rings. The van der Waals surface area contributed by atoms with Gasteiger partial charge in [0.1, 0.15) is 16.4 Å². The molecule has 0 heterocycles. The first-order chi connectivity index (χ1) is 15.4. The van der Waals surface area contributed by atoms with Crippen LogP contribution in [0.2, 0.25) is 5.02 Å². The number of sulfonamides is 1. The maximum Gasteiger partial charge on any atom is 0.234 e. The summed E-state index contributed by atoms with van der Waals surface area (Å²) in [6, 6.07) is 8.27. The number of benzene rings is 2. The fourth-order valence-electron chi connectivity index (χ4n) is 4.39. The van der Waals surface area contributed by atoms with E-state index in [1.807, 2.05) is 4.72 Å². The van der Waals surface area contributed by atoms with Crippen LogP contribution in [0.5, 0.6) is 0 Å². The molecule has 0 spiro atoms. The number of sulfone groups is 1. The zero-order chi connectivity index (χ0) is 24.4. The van der Waals surface area contributed by atoms with E-state index >= 15 is 0 Å². The molecule has 1 saturated carbocycles. The molecule has 1 aliphatic carbocycles. The monoisotopic (exact) mass is 519 g/mol. The molecule has 0 bridgehead atoms. The Hall–Kier alpha value is -2.04. The van der Waals surface area contributed by atoms with Crippen LogP contribution in [0.1, 0.15) is 44.6 Å². The minimum atomic E-state index is -4.16. The molecule has 11 heteroatoms. The van der Waals surface area contributed by atoms with Gasteiger partial charge in [0, 0.05) is 17.5 Å². The van der Waals surface area contributed by atoms with Gasteiger partial charge in [-0.1, -0.05) is 11.6 Å². The van der Waals surface area contributed by atoms with Crippen LogP contribution in [-0.2, 0) is 29.4 Å². The third kappa shape index (κ3) is 5.55. The van der Waals surface area contributed by atoms with E-state index < -0.39 is 42.1 Å². The topological polar surface area (TPSA) is 97.4 Å². The third-order valence-electron chi connectivity index (χ3n) is 6.06. The van der Waals surface area contributed by atoms with Crippen LogP contribution in [0, 0.1) is 17.6 Å². The molecule has 1 amide bonds. The summed E-state index contributed by atoms with van der Waals surface area (Å²) in [7, 11) is -7.94. The van der Waals surface area contributed by atoms with Crippen LogP contribution < -0.4 is 4.72 Å². The number of halogens is 3. The Kier molecular flexibility index (Phi) is 7.50. The Bertz CT molecular complexity index is 1240. The van der Waals surface area contributed by atoms with Crippen molar-refractivity contribution in [3.8, 4) is 0 Å². The molecule has 33 heavy (non-hydrogen) atoms. The van der Waals surface area contributed by atoms with E-state index in [1.54, 1.807) is 0 Å². The zero-order valence-electron chi connectivity index (χ0n) is 17.9. The summed E-state index contributed by atoms with van der Waals surface area (Å²) >= 11 is 5.89. The summed E-state index contributed by atoms with van der Waals surface area (Å²) in [5.41, 5.74) is -0.234. The molecule has 0 aromatic heterocycles. The van der Waals surface area contributed by atoms with Crippen molar-refractivity contribution in [2.24, 2.45) is 5.92 Å². The van der Waals surface area contributed by atoms with Gasteiger partial charge in [-0.05, 0) is 80.5 Å². The van der Waals surface area contributed by atoms with Gasteiger partial charge in [-0.2, -0.15) is 0 Å². The average molecular weight is 520 g/mol. The fraction of sp³-hybridized carbons (Fsp3) is 0.409. The summed E-state index contributed by atoms with van der Waals surface area (Å²) in [5, 5.41) is 0.337. The van der Waals surface area contributed by atoms with E-state index in [4.69, 9.17) is 11.6 Å². The minimum Gasteiger partial charge on any atom is -0.274 e. The second-order valence-corrected chi connectivity index (χ2v) is 12.8. The summed E-state index contributed by atoms with van der Waals surface area (Å²) in [6.07, 6.45) is 0.772. The maximum atomic E-state index is 14.9. The van der Waals surface area contributed by atoms with Gasteiger partial charge in [-0.15, -0.1) is 0 Å². The van der Waals surface area contributed by atoms with Crippen molar-refractivity contribution in [2.45, 2.75) is 48.7 Å². The first-order valence-electron chi connectivity index (χ1n) is 10.3. The molecular weight excluding hydrogens is 496 g/mol. The maximum absolute atomic E-state index is 14.9. The van der Waals surface area contributed by atoms with Crippen LogP contribution in [0.25, 0.3) is 0 Å². The molecular formula is C22H24ClF2NO5S2. The predicted octanol–water partition coefficient (Wildman–Crippen LogP) is 4.33. The van der Waals surface area contributed by atoms with Gasteiger partial charge in [0.05, 0.1) is 10.6 Å². The van der Waals surface area contributed by atoms with E-state index in [0.717, 1.165) is 25.1 Å². The highest BCUT2D eigenvalue weighted by molar-refractivity contribution is 7.92. The van der Waals surface area contributed by atoms with E-state index in [9.17, 15) is 30.4 Å². The number of carbonyl (C=O) groups is 1. The molecule has 180 valence electrons. The average Bonchev–Trinajstić information content (AvgIpc) is 2.74. The lowest BCUT2D eigenvalue weighted by atomic mass is 9.77. The van der Waals surface area contributed by atoms with Gasteiger partial charge in [0.15, 0.2) is 9.84 Å². The summed E-state index contributed by atoms with van der Waals surface area (Å²) in [4.78, 5) is 11.0. The Balaban J connectivity index is 1.94. The normalized spacial score (nSPS) is 21.5. The number of carbonyl (C=O) groups excluding carboxylic acids is 1. The quantitative estimate of drug-likeness (QED) is 0.587. The molecule has 0 aliphatic heterocycles. The van der Waals surface area contributed by atoms with Gasteiger partial charge in [-0.25, -0.2) is 25.6 Å². The Morgan fingerprint density at radius 3 is 2.24 bits per heavy atom. The molecule has 0 saturated heterocycles. The van der Waals surface area contributed by atoms with E-state index in [-0.39, 0.29) is 41.4 Å². The largest absolute Gasteiger partial charge is 0.274 e. The summed E-state index contributed by atoms with van der Waals surface area (Å²) in [5.74, 6) is -2.70. The second-order valence-electron chi connectivity index (χ2n) is 8.28. The molecule has 0 atom stereocenters. The highest BCUT2D eigenvalue weighted by Crippen LogP contribution is 2.49. The van der Waals surface area contributed by atoms with Gasteiger partial charge in [0.2, 0.25) is 15.9 Å². The molecule has 1 N–H and O–H groups in total. The van der Waals surface area contributed by atoms with Gasteiger partial charge >= 0.3 is 0 Å². The molecule has 1 aliphatic rings. The smallest absolute Gasteiger partial charge is 0.234 e. The predicted molar refractivity (Wildman–Crippen MR) is 121 cm³/mol. The number of hydrogen-bond acceptors (Lipinski definition) is 5. The third-order valence-corrected chi connectivity index (χ3v) is 10.2. The van der Waals surface area contributed by atoms with Gasteiger partial charge in [0.25, 0.3) is 0 Å². The van der Waals surface area contributed by atoms with Crippen LogP contribution in [-0.4, -0.2) is 28.5 Å². The fourth-order valence-corrected chi connectivity index (χ4v) is 7.87. The zero-order valence-corrected chi connectivity index (χ0v) is 20.2. The summed E-state index contributed by atoms with van der Waals surface area (Å²) in [6.45, 7) is 1.10. The van der Waals surface area contributed by atoms with Crippen molar-refractivity contribution < 1.29 is 30.4 Å². The Morgan fingerprint density at radius 1 is 1.06 bits per heavy atom. The standard InChI is InChI=1S/C22H24ClF2NO5S2/c1-15(27)26-32(28,29)13-10-16-8-11-22(12-9-16,20-14-18(24)4-7-21(20)25)33(30,31)19-5-2-17(23)3-6-19/h2-7,14,16H,8-13H2,1H3,(H,26,27). The number of amides is 1. The highest BCUT2D eigenvalue weighted by Gasteiger charge is 2.50. The molecule has 0 radical (unpaired) electrons. The molecule has 3 rings (SSSR count). The van der Waals surface area contributed by atoms with Crippen LogP contribution in [0.4, 0.5) is 8.78 Å². The summed E-state index contributed by atoms with van der Waals surface area (Å²) < 4.78 is 80.5. The van der Waals surface area contributed by atoms with E-state index in [0.29, 0.717) is 17.9 Å². The van der Waals surface area contributed by atoms with Crippen molar-refractivity contribution in [1.29, 1.82) is 0 Å². The van der Waals surface area contributed by atoms with Crippen molar-refractivity contribution in [1.82, 2.24) is 4.72 Å². The van der Waals surface area contributed by atoms with Gasteiger partial charge < -0.3 is 0 Å². The lowest BCUT2D eigenvalue weighted by molar-refractivity contribution is -0.117. The Labute approximate surface area is 197 Å². The number of rotatable bonds is 7. The molecule has 6 nitrogen and oxygen atoms in total. The number of nitrogens with one attached hydrogen (secondary N) is 1. The SMILES string of the molecule is CC(=O)NS(=O)(=O)CCC1CCC(c2cc(F)ccc2F)(S(=O)(=O)c2ccc(Cl)cc2)CC1. The van der Waals surface area contributed by atoms with Crippen molar-refractivity contribution in [3.63, 3.8) is 0 Å². The molecule has 2 aromatic rings. The van der Waals surface area contributed by atoms with Crippen LogP contribution in [0.15, 0.2) is 47.4 Å². The van der Waals surface area contributed by atoms with Crippen molar-refractivity contribution in [2.75, 3.05) is 5.75 Å². The highest BCUT2D eigenvalue weighted by atomic mass is 35.5. The Morgan fingerprint density at radius 2 is 1.67 bits per heavy atom. The van der Waals surface area contributed by atoms with E-state index in [1.165, 1.54) is 24.3 Å². The van der Waals surface area contributed by atoms with E-state index in [2.05, 4.69) is 0 Å². The molecule has 2 aromatic carbocycles. The van der Waals surface area contributed by atoms with Crippen molar-refractivity contribution in [3.05, 3.63) is 64.7 Å². The minimum absolute atomic E-state index is 0.0107.